The molecule has 0 bridgehead atoms. The number of alkyl halides is 3. The highest BCUT2D eigenvalue weighted by Gasteiger charge is 2.47. The topological polar surface area (TPSA) is 122 Å². The standard InChI is InChI=1S/C27H26F3N7O3/c1-16(2)26(39)36-10-12-40-21(15-36)23-20-14-32-9-11-37(20,31)24(35-23)17-3-5-18(6-4-17)25(38)34-22-13-19(7-8-33-22)27(28,29)30/h3-9,11,13-14,16,21H,10,12,15,31H2,1-2H3/p+1. The van der Waals surface area contributed by atoms with Crippen molar-refractivity contribution in [3.8, 4) is 0 Å². The van der Waals surface area contributed by atoms with Crippen LogP contribution in [0.3, 0.4) is 0 Å². The minimum absolute atomic E-state index is 0.0287. The number of carbonyl (C=O) groups is 2. The molecule has 10 nitrogen and oxygen atoms in total. The molecule has 1 aromatic heterocycles. The molecule has 3 aliphatic heterocycles. The van der Waals surface area contributed by atoms with E-state index in [4.69, 9.17) is 15.6 Å². The number of ether oxygens (including phenoxy) is 1. The van der Waals surface area contributed by atoms with Crippen molar-refractivity contribution in [2.75, 3.05) is 25.0 Å². The third-order valence-electron chi connectivity index (χ3n) is 6.73. The van der Waals surface area contributed by atoms with Crippen LogP contribution in [0.4, 0.5) is 19.0 Å². The Morgan fingerprint density at radius 3 is 2.65 bits per heavy atom. The number of nitrogens with one attached hydrogen (secondary N) is 1. The summed E-state index contributed by atoms with van der Waals surface area (Å²) < 4.78 is 44.7. The molecule has 13 heteroatoms. The Bertz CT molecular complexity index is 1460. The van der Waals surface area contributed by atoms with Crippen molar-refractivity contribution in [2.24, 2.45) is 21.7 Å². The molecule has 0 radical (unpaired) electrons. The summed E-state index contributed by atoms with van der Waals surface area (Å²) in [7, 11) is 0. The van der Waals surface area contributed by atoms with Crippen LogP contribution >= 0.6 is 0 Å². The number of nitrogens with zero attached hydrogens (tertiary/aromatic N) is 5. The molecule has 0 aliphatic carbocycles. The molecule has 40 heavy (non-hydrogen) atoms. The van der Waals surface area contributed by atoms with Crippen LogP contribution in [0.25, 0.3) is 0 Å². The first kappa shape index (κ1) is 27.4. The molecular weight excluding hydrogens is 527 g/mol. The third-order valence-corrected chi connectivity index (χ3v) is 6.73. The largest absolute Gasteiger partial charge is 0.416 e. The lowest BCUT2D eigenvalue weighted by atomic mass is 10.1. The number of rotatable bonds is 5. The maximum absolute atomic E-state index is 13.0. The lowest BCUT2D eigenvalue weighted by Crippen LogP contribution is -2.53. The van der Waals surface area contributed by atoms with E-state index in [0.717, 1.165) is 18.3 Å². The van der Waals surface area contributed by atoms with Gasteiger partial charge >= 0.3 is 6.18 Å². The number of halogens is 3. The molecule has 0 spiro atoms. The van der Waals surface area contributed by atoms with Gasteiger partial charge < -0.3 is 15.0 Å². The summed E-state index contributed by atoms with van der Waals surface area (Å²) >= 11 is 0. The summed E-state index contributed by atoms with van der Waals surface area (Å²) in [5.41, 5.74) is 1.05. The molecule has 1 aromatic carbocycles. The molecule has 2 amide bonds. The zero-order chi connectivity index (χ0) is 28.7. The summed E-state index contributed by atoms with van der Waals surface area (Å²) in [5.74, 6) is 6.27. The maximum atomic E-state index is 13.0. The summed E-state index contributed by atoms with van der Waals surface area (Å²) in [6.45, 7) is 4.87. The predicted molar refractivity (Wildman–Crippen MR) is 140 cm³/mol. The van der Waals surface area contributed by atoms with Gasteiger partial charge in [0.25, 0.3) is 11.7 Å². The number of fused-ring (bicyclic) bond motifs is 1. The highest BCUT2D eigenvalue weighted by molar-refractivity contribution is 6.05. The molecule has 208 valence electrons. The van der Waals surface area contributed by atoms with Gasteiger partial charge in [-0.3, -0.25) is 14.6 Å². The molecular formula is C27H27F3N7O3+. The molecule has 0 saturated carbocycles. The lowest BCUT2D eigenvalue weighted by molar-refractivity contribution is -0.750. The fourth-order valence-electron chi connectivity index (χ4n) is 4.66. The number of pyridine rings is 1. The molecule has 2 aromatic rings. The summed E-state index contributed by atoms with van der Waals surface area (Å²) in [5, 5.41) is 2.39. The molecule has 1 saturated heterocycles. The monoisotopic (exact) mass is 554 g/mol. The number of morpholine rings is 1. The normalized spacial score (nSPS) is 22.4. The summed E-state index contributed by atoms with van der Waals surface area (Å²) in [6.07, 6.45) is 0.756. The quantitative estimate of drug-likeness (QED) is 0.433. The van der Waals surface area contributed by atoms with Crippen molar-refractivity contribution in [3.63, 3.8) is 0 Å². The van der Waals surface area contributed by atoms with E-state index in [1.54, 1.807) is 35.6 Å². The first-order valence-electron chi connectivity index (χ1n) is 12.5. The van der Waals surface area contributed by atoms with Crippen LogP contribution in [0.15, 0.2) is 76.4 Å². The van der Waals surface area contributed by atoms with Crippen LogP contribution in [0.1, 0.15) is 35.3 Å². The zero-order valence-corrected chi connectivity index (χ0v) is 21.7. The summed E-state index contributed by atoms with van der Waals surface area (Å²) in [4.78, 5) is 39.9. The minimum atomic E-state index is -4.56. The fourth-order valence-corrected chi connectivity index (χ4v) is 4.66. The van der Waals surface area contributed by atoms with Crippen molar-refractivity contribution < 1.29 is 32.1 Å². The average Bonchev–Trinajstić information content (AvgIpc) is 3.25. The van der Waals surface area contributed by atoms with E-state index in [9.17, 15) is 22.8 Å². The second-order valence-electron chi connectivity index (χ2n) is 9.82. The second kappa shape index (κ2) is 10.4. The van der Waals surface area contributed by atoms with Crippen LogP contribution in [0.2, 0.25) is 0 Å². The van der Waals surface area contributed by atoms with Gasteiger partial charge in [0.2, 0.25) is 11.6 Å². The van der Waals surface area contributed by atoms with Gasteiger partial charge in [0, 0.05) is 24.2 Å². The summed E-state index contributed by atoms with van der Waals surface area (Å²) in [6, 6.07) is 7.93. The maximum Gasteiger partial charge on any atom is 0.416 e. The number of aliphatic imine (C=N–C) groups is 2. The van der Waals surface area contributed by atoms with Crippen LogP contribution in [-0.4, -0.2) is 64.1 Å². The van der Waals surface area contributed by atoms with Gasteiger partial charge in [0.1, 0.15) is 23.8 Å². The SMILES string of the molecule is CC(C)C(=O)N1CCOC(C2=C3C=NC=C[N+]3(N)C(c3ccc(C(=O)Nc4cc(C(F)(F)F)ccn4)cc3)=N2)C1. The molecule has 3 aliphatic rings. The van der Waals surface area contributed by atoms with Gasteiger partial charge in [-0.25, -0.2) is 4.98 Å². The molecule has 4 heterocycles. The number of benzene rings is 1. The molecule has 5 rings (SSSR count). The number of carbonyl (C=O) groups excluding carboxylic acids is 2. The number of hydrogen-bond acceptors (Lipinski definition) is 7. The van der Waals surface area contributed by atoms with Gasteiger partial charge in [-0.2, -0.15) is 24.0 Å². The molecule has 1 fully saturated rings. The van der Waals surface area contributed by atoms with Crippen LogP contribution in [0.5, 0.6) is 0 Å². The van der Waals surface area contributed by atoms with Crippen molar-refractivity contribution in [3.05, 3.63) is 83.1 Å². The van der Waals surface area contributed by atoms with E-state index < -0.39 is 23.8 Å². The lowest BCUT2D eigenvalue weighted by Gasteiger charge is -2.34. The Hall–Kier alpha value is -4.20. The third kappa shape index (κ3) is 5.18. The number of amidine groups is 1. The Labute approximate surface area is 227 Å². The first-order chi connectivity index (χ1) is 19.0. The van der Waals surface area contributed by atoms with E-state index in [2.05, 4.69) is 15.3 Å². The molecule has 2 unspecified atom stereocenters. The van der Waals surface area contributed by atoms with Crippen LogP contribution in [-0.2, 0) is 15.7 Å². The number of allylic oxidation sites excluding steroid dienone is 1. The zero-order valence-electron chi connectivity index (χ0n) is 21.7. The number of quaternary nitrogens is 1. The van der Waals surface area contributed by atoms with Crippen molar-refractivity contribution in [1.29, 1.82) is 0 Å². The Morgan fingerprint density at radius 1 is 1.20 bits per heavy atom. The van der Waals surface area contributed by atoms with E-state index in [1.165, 1.54) is 12.1 Å². The van der Waals surface area contributed by atoms with Gasteiger partial charge in [0.15, 0.2) is 0 Å². The van der Waals surface area contributed by atoms with E-state index >= 15 is 0 Å². The number of nitrogens with two attached hydrogens (primary N) is 1. The average molecular weight is 555 g/mol. The number of amides is 2. The van der Waals surface area contributed by atoms with Gasteiger partial charge in [0.05, 0.1) is 36.7 Å². The molecule has 3 N–H and O–H groups in total. The van der Waals surface area contributed by atoms with Gasteiger partial charge in [-0.15, -0.1) is 4.59 Å². The van der Waals surface area contributed by atoms with Crippen molar-refractivity contribution in [1.82, 2.24) is 9.88 Å². The predicted octanol–water partition coefficient (Wildman–Crippen LogP) is 3.45. The van der Waals surface area contributed by atoms with E-state index in [-0.39, 0.29) is 27.8 Å². The molecule has 2 atom stereocenters. The van der Waals surface area contributed by atoms with Crippen molar-refractivity contribution >= 4 is 29.7 Å². The van der Waals surface area contributed by atoms with Gasteiger partial charge in [-0.1, -0.05) is 13.8 Å². The van der Waals surface area contributed by atoms with E-state index in [1.807, 2.05) is 13.8 Å². The Balaban J connectivity index is 1.38. The highest BCUT2D eigenvalue weighted by atomic mass is 19.4. The minimum Gasteiger partial charge on any atom is -0.368 e. The smallest absolute Gasteiger partial charge is 0.368 e. The fraction of sp³-hybridized carbons (Fsp3) is 0.296. The van der Waals surface area contributed by atoms with Crippen molar-refractivity contribution in [2.45, 2.75) is 26.1 Å². The van der Waals surface area contributed by atoms with Crippen LogP contribution in [0, 0.1) is 5.92 Å². The number of aromatic nitrogens is 1. The van der Waals surface area contributed by atoms with Crippen LogP contribution < -0.4 is 11.2 Å². The highest BCUT2D eigenvalue weighted by Crippen LogP contribution is 2.34. The Kier molecular flexibility index (Phi) is 7.12. The first-order valence-corrected chi connectivity index (χ1v) is 12.5. The van der Waals surface area contributed by atoms with Gasteiger partial charge in [-0.05, 0) is 36.4 Å². The number of hydrogen-bond donors (Lipinski definition) is 2. The second-order valence-corrected chi connectivity index (χ2v) is 9.82. The van der Waals surface area contributed by atoms with E-state index in [0.29, 0.717) is 42.5 Å². The number of anilines is 1. The Morgan fingerprint density at radius 2 is 1.95 bits per heavy atom.